The fraction of sp³-hybridized carbons (Fsp3) is 0.400. The second-order valence-corrected chi connectivity index (χ2v) is 5.75. The average Bonchev–Trinajstić information content (AvgIpc) is 3.07. The van der Waals surface area contributed by atoms with Gasteiger partial charge in [0.1, 0.15) is 0 Å². The van der Waals surface area contributed by atoms with Gasteiger partial charge in [-0.1, -0.05) is 6.07 Å². The first-order valence-corrected chi connectivity index (χ1v) is 7.70. The molecule has 2 aromatic rings. The molecule has 4 nitrogen and oxygen atoms in total. The zero-order valence-corrected chi connectivity index (χ0v) is 15.9. The van der Waals surface area contributed by atoms with E-state index < -0.39 is 0 Å². The molecule has 21 heavy (non-hydrogen) atoms. The van der Waals surface area contributed by atoms with E-state index in [1.807, 2.05) is 0 Å². The van der Waals surface area contributed by atoms with Crippen molar-refractivity contribution in [3.05, 3.63) is 46.4 Å². The molecule has 0 aromatic carbocycles. The number of nitrogens with zero attached hydrogens (tertiary/aromatic N) is 3. The molecule has 116 valence electrons. The number of nitrogens with one attached hydrogen (secondary N) is 1. The molecular formula is C15H23IN4S. The number of hydrogen-bond acceptors (Lipinski definition) is 2. The minimum atomic E-state index is 0. The third-order valence-electron chi connectivity index (χ3n) is 3.11. The van der Waals surface area contributed by atoms with Gasteiger partial charge in [-0.05, 0) is 30.5 Å². The molecule has 0 spiro atoms. The van der Waals surface area contributed by atoms with Crippen LogP contribution < -0.4 is 5.32 Å². The zero-order valence-electron chi connectivity index (χ0n) is 12.7. The van der Waals surface area contributed by atoms with Crippen LogP contribution in [-0.4, -0.2) is 29.0 Å². The van der Waals surface area contributed by atoms with Crippen LogP contribution in [0.2, 0.25) is 0 Å². The van der Waals surface area contributed by atoms with E-state index in [1.165, 1.54) is 10.6 Å². The van der Waals surface area contributed by atoms with Gasteiger partial charge in [0.15, 0.2) is 5.96 Å². The van der Waals surface area contributed by atoms with Crippen molar-refractivity contribution in [2.24, 2.45) is 12.0 Å². The molecule has 0 bridgehead atoms. The first-order valence-electron chi connectivity index (χ1n) is 6.82. The van der Waals surface area contributed by atoms with Gasteiger partial charge in [0.2, 0.25) is 0 Å². The molecule has 0 atom stereocenters. The van der Waals surface area contributed by atoms with E-state index >= 15 is 0 Å². The van der Waals surface area contributed by atoms with Crippen molar-refractivity contribution >= 4 is 41.3 Å². The number of aliphatic imine (C=N–C) groups is 1. The third kappa shape index (κ3) is 5.35. The van der Waals surface area contributed by atoms with Crippen molar-refractivity contribution in [2.45, 2.75) is 20.0 Å². The minimum absolute atomic E-state index is 0. The highest BCUT2D eigenvalue weighted by Crippen LogP contribution is 2.10. The number of thiophene rings is 1. The fourth-order valence-corrected chi connectivity index (χ4v) is 2.63. The Morgan fingerprint density at radius 3 is 2.76 bits per heavy atom. The van der Waals surface area contributed by atoms with Crippen LogP contribution in [0.1, 0.15) is 17.5 Å². The van der Waals surface area contributed by atoms with Gasteiger partial charge in [-0.2, -0.15) is 0 Å². The van der Waals surface area contributed by atoms with Crippen molar-refractivity contribution < 1.29 is 0 Å². The van der Waals surface area contributed by atoms with Crippen LogP contribution in [-0.2, 0) is 20.1 Å². The number of rotatable bonds is 5. The van der Waals surface area contributed by atoms with Crippen LogP contribution in [0, 0.1) is 0 Å². The number of aryl methyl sites for hydroxylation is 1. The third-order valence-corrected chi connectivity index (χ3v) is 3.97. The van der Waals surface area contributed by atoms with Crippen LogP contribution in [0.4, 0.5) is 0 Å². The van der Waals surface area contributed by atoms with Gasteiger partial charge in [0.05, 0.1) is 13.1 Å². The predicted molar refractivity (Wildman–Crippen MR) is 101 cm³/mol. The van der Waals surface area contributed by atoms with Crippen LogP contribution >= 0.6 is 35.3 Å². The molecular weight excluding hydrogens is 395 g/mol. The lowest BCUT2D eigenvalue weighted by atomic mass is 10.4. The maximum Gasteiger partial charge on any atom is 0.194 e. The molecule has 0 amide bonds. The average molecular weight is 418 g/mol. The Bertz CT molecular complexity index is 548. The molecule has 0 radical (unpaired) electrons. The number of aromatic nitrogens is 1. The first kappa shape index (κ1) is 18.0. The Kier molecular flexibility index (Phi) is 7.81. The molecule has 0 unspecified atom stereocenters. The van der Waals surface area contributed by atoms with E-state index in [0.717, 1.165) is 25.6 Å². The Balaban J connectivity index is 0.00000220. The van der Waals surface area contributed by atoms with E-state index in [9.17, 15) is 0 Å². The SMILES string of the molecule is CCNC(=NCc1cccs1)N(C)Cc1cccn1C.I. The molecule has 0 fully saturated rings. The second-order valence-electron chi connectivity index (χ2n) is 4.72. The highest BCUT2D eigenvalue weighted by Gasteiger charge is 2.08. The van der Waals surface area contributed by atoms with Gasteiger partial charge in [-0.3, -0.25) is 0 Å². The van der Waals surface area contributed by atoms with Crippen molar-refractivity contribution in [1.29, 1.82) is 0 Å². The van der Waals surface area contributed by atoms with Crippen LogP contribution in [0.3, 0.4) is 0 Å². The molecule has 2 rings (SSSR count). The summed E-state index contributed by atoms with van der Waals surface area (Å²) in [5.41, 5.74) is 1.27. The molecule has 1 N–H and O–H groups in total. The summed E-state index contributed by atoms with van der Waals surface area (Å²) >= 11 is 1.75. The standard InChI is InChI=1S/C15H22N4S.HI/c1-4-16-15(17-11-14-8-6-10-20-14)19(3)12-13-7-5-9-18(13)2;/h5-10H,4,11-12H2,1-3H3,(H,16,17);1H. The molecule has 0 saturated carbocycles. The summed E-state index contributed by atoms with van der Waals surface area (Å²) in [5.74, 6) is 0.946. The molecule has 0 aliphatic carbocycles. The van der Waals surface area contributed by atoms with E-state index in [2.05, 4.69) is 71.6 Å². The number of halogens is 1. The summed E-state index contributed by atoms with van der Waals surface area (Å²) in [6.07, 6.45) is 2.07. The van der Waals surface area contributed by atoms with Gasteiger partial charge < -0.3 is 14.8 Å². The Morgan fingerprint density at radius 2 is 2.19 bits per heavy atom. The van der Waals surface area contributed by atoms with E-state index in [1.54, 1.807) is 11.3 Å². The van der Waals surface area contributed by atoms with E-state index in [0.29, 0.717) is 0 Å². The normalized spacial score (nSPS) is 11.1. The van der Waals surface area contributed by atoms with Crippen molar-refractivity contribution in [3.63, 3.8) is 0 Å². The molecule has 6 heteroatoms. The number of hydrogen-bond donors (Lipinski definition) is 1. The lowest BCUT2D eigenvalue weighted by Crippen LogP contribution is -2.38. The summed E-state index contributed by atoms with van der Waals surface area (Å²) < 4.78 is 2.14. The molecule has 0 saturated heterocycles. The highest BCUT2D eigenvalue weighted by atomic mass is 127. The largest absolute Gasteiger partial charge is 0.357 e. The molecule has 0 aliphatic heterocycles. The van der Waals surface area contributed by atoms with Crippen LogP contribution in [0.25, 0.3) is 0 Å². The van der Waals surface area contributed by atoms with Crippen molar-refractivity contribution in [2.75, 3.05) is 13.6 Å². The number of guanidine groups is 1. The van der Waals surface area contributed by atoms with Crippen LogP contribution in [0.15, 0.2) is 40.8 Å². The van der Waals surface area contributed by atoms with Gasteiger partial charge in [0.25, 0.3) is 0 Å². The lowest BCUT2D eigenvalue weighted by molar-refractivity contribution is 0.462. The Morgan fingerprint density at radius 1 is 1.38 bits per heavy atom. The summed E-state index contributed by atoms with van der Waals surface area (Å²) in [7, 11) is 4.14. The topological polar surface area (TPSA) is 32.6 Å². The van der Waals surface area contributed by atoms with Gasteiger partial charge >= 0.3 is 0 Å². The summed E-state index contributed by atoms with van der Waals surface area (Å²) in [6.45, 7) is 4.55. The van der Waals surface area contributed by atoms with Crippen LogP contribution in [0.5, 0.6) is 0 Å². The van der Waals surface area contributed by atoms with Gasteiger partial charge in [0, 0.05) is 37.4 Å². The van der Waals surface area contributed by atoms with Crippen molar-refractivity contribution in [1.82, 2.24) is 14.8 Å². The molecule has 0 aliphatic rings. The smallest absolute Gasteiger partial charge is 0.194 e. The second kappa shape index (κ2) is 9.09. The maximum absolute atomic E-state index is 4.70. The van der Waals surface area contributed by atoms with Gasteiger partial charge in [-0.25, -0.2) is 4.99 Å². The van der Waals surface area contributed by atoms with Crippen molar-refractivity contribution in [3.8, 4) is 0 Å². The predicted octanol–water partition coefficient (Wildman–Crippen LogP) is 3.30. The highest BCUT2D eigenvalue weighted by molar-refractivity contribution is 14.0. The fourth-order valence-electron chi connectivity index (χ4n) is 2.00. The Labute approximate surface area is 147 Å². The van der Waals surface area contributed by atoms with Gasteiger partial charge in [-0.15, -0.1) is 35.3 Å². The zero-order chi connectivity index (χ0) is 14.4. The van der Waals surface area contributed by atoms with E-state index in [-0.39, 0.29) is 24.0 Å². The maximum atomic E-state index is 4.70. The molecule has 2 aromatic heterocycles. The molecule has 2 heterocycles. The lowest BCUT2D eigenvalue weighted by Gasteiger charge is -2.22. The first-order chi connectivity index (χ1) is 9.70. The minimum Gasteiger partial charge on any atom is -0.357 e. The van der Waals surface area contributed by atoms with E-state index in [4.69, 9.17) is 4.99 Å². The summed E-state index contributed by atoms with van der Waals surface area (Å²) in [5, 5.41) is 5.44. The monoisotopic (exact) mass is 418 g/mol. The Hall–Kier alpha value is -1.02. The summed E-state index contributed by atoms with van der Waals surface area (Å²) in [4.78, 5) is 8.14. The quantitative estimate of drug-likeness (QED) is 0.459. The summed E-state index contributed by atoms with van der Waals surface area (Å²) in [6, 6.07) is 8.39.